The van der Waals surface area contributed by atoms with Crippen molar-refractivity contribution < 1.29 is 9.53 Å². The van der Waals surface area contributed by atoms with E-state index in [9.17, 15) is 4.79 Å². The van der Waals surface area contributed by atoms with E-state index in [0.29, 0.717) is 24.7 Å². The van der Waals surface area contributed by atoms with Crippen LogP contribution in [0.1, 0.15) is 40.0 Å². The fourth-order valence-corrected chi connectivity index (χ4v) is 5.01. The molecule has 2 bridgehead atoms. The van der Waals surface area contributed by atoms with Crippen LogP contribution in [0.4, 0.5) is 0 Å². The molecule has 3 rings (SSSR count). The maximum Gasteiger partial charge on any atom is 0.227 e. The molecule has 0 aromatic rings. The first-order chi connectivity index (χ1) is 9.38. The van der Waals surface area contributed by atoms with Gasteiger partial charge in [0.1, 0.15) is 0 Å². The van der Waals surface area contributed by atoms with Gasteiger partial charge in [-0.2, -0.15) is 0 Å². The molecule has 2 aliphatic carbocycles. The van der Waals surface area contributed by atoms with Crippen molar-refractivity contribution >= 4 is 5.91 Å². The summed E-state index contributed by atoms with van der Waals surface area (Å²) < 4.78 is 5.46. The summed E-state index contributed by atoms with van der Waals surface area (Å²) in [5.41, 5.74) is 0.510. The second-order valence-corrected chi connectivity index (χ2v) is 7.90. The number of nitrogens with one attached hydrogen (secondary N) is 2. The molecule has 4 nitrogen and oxygen atoms in total. The Labute approximate surface area is 122 Å². The summed E-state index contributed by atoms with van der Waals surface area (Å²) in [7, 11) is 1.91. The smallest absolute Gasteiger partial charge is 0.227 e. The van der Waals surface area contributed by atoms with Gasteiger partial charge in [0.15, 0.2) is 0 Å². The Morgan fingerprint density at radius 3 is 2.60 bits per heavy atom. The molecule has 1 aliphatic heterocycles. The quantitative estimate of drug-likeness (QED) is 0.825. The van der Waals surface area contributed by atoms with Gasteiger partial charge in [-0.25, -0.2) is 0 Å². The first-order valence-corrected chi connectivity index (χ1v) is 7.94. The van der Waals surface area contributed by atoms with Crippen molar-refractivity contribution in [1.29, 1.82) is 0 Å². The Morgan fingerprint density at radius 2 is 2.00 bits per heavy atom. The van der Waals surface area contributed by atoms with Crippen LogP contribution < -0.4 is 10.6 Å². The number of rotatable bonds is 3. The zero-order valence-corrected chi connectivity index (χ0v) is 13.2. The Balaban J connectivity index is 1.73. The zero-order valence-electron chi connectivity index (χ0n) is 13.2. The lowest BCUT2D eigenvalue weighted by molar-refractivity contribution is -0.128. The van der Waals surface area contributed by atoms with Crippen LogP contribution in [-0.4, -0.2) is 38.3 Å². The standard InChI is InChI=1S/C16H28N2O2/c1-15(2)10-5-6-16(3,7-10)14(15)18-13(19)11-8-20-9-12(11)17-4/h10-12,14,17H,5-9H2,1-4H3,(H,18,19). The number of hydrogen-bond donors (Lipinski definition) is 2. The maximum atomic E-state index is 12.6. The Bertz CT molecular complexity index is 405. The van der Waals surface area contributed by atoms with Crippen molar-refractivity contribution in [2.45, 2.75) is 52.1 Å². The Hall–Kier alpha value is -0.610. The molecular formula is C16H28N2O2. The minimum atomic E-state index is -0.0430. The Morgan fingerprint density at radius 1 is 1.25 bits per heavy atom. The SMILES string of the molecule is CNC1COCC1C(=O)NC1C2(C)CCC(C2)C1(C)C. The van der Waals surface area contributed by atoms with Crippen molar-refractivity contribution in [2.75, 3.05) is 20.3 Å². The number of likely N-dealkylation sites (N-methyl/N-ethyl adjacent to an activating group) is 1. The summed E-state index contributed by atoms with van der Waals surface area (Å²) in [6, 6.07) is 0.462. The van der Waals surface area contributed by atoms with E-state index >= 15 is 0 Å². The average Bonchev–Trinajstić information content (AvgIpc) is 3.04. The van der Waals surface area contributed by atoms with Crippen LogP contribution in [0.15, 0.2) is 0 Å². The van der Waals surface area contributed by atoms with Crippen molar-refractivity contribution in [3.63, 3.8) is 0 Å². The largest absolute Gasteiger partial charge is 0.379 e. The highest BCUT2D eigenvalue weighted by atomic mass is 16.5. The third-order valence-corrected chi connectivity index (χ3v) is 6.34. The fourth-order valence-electron chi connectivity index (χ4n) is 5.01. The van der Waals surface area contributed by atoms with E-state index in [1.807, 2.05) is 7.05 Å². The van der Waals surface area contributed by atoms with Gasteiger partial charge >= 0.3 is 0 Å². The minimum absolute atomic E-state index is 0.0430. The van der Waals surface area contributed by atoms with Crippen LogP contribution >= 0.6 is 0 Å². The molecule has 3 aliphatic rings. The van der Waals surface area contributed by atoms with Crippen LogP contribution in [0.5, 0.6) is 0 Å². The topological polar surface area (TPSA) is 50.4 Å². The van der Waals surface area contributed by atoms with Crippen LogP contribution in [-0.2, 0) is 9.53 Å². The molecule has 5 unspecified atom stereocenters. The lowest BCUT2D eigenvalue weighted by atomic mass is 9.68. The number of hydrogen-bond acceptors (Lipinski definition) is 3. The van der Waals surface area contributed by atoms with Gasteiger partial charge in [0.25, 0.3) is 0 Å². The van der Waals surface area contributed by atoms with Gasteiger partial charge in [0, 0.05) is 12.1 Å². The van der Waals surface area contributed by atoms with E-state index in [1.54, 1.807) is 0 Å². The van der Waals surface area contributed by atoms with Crippen LogP contribution in [0.25, 0.3) is 0 Å². The molecular weight excluding hydrogens is 252 g/mol. The molecule has 3 fully saturated rings. The molecule has 114 valence electrons. The van der Waals surface area contributed by atoms with Gasteiger partial charge in [-0.05, 0) is 43.1 Å². The third-order valence-electron chi connectivity index (χ3n) is 6.34. The summed E-state index contributed by atoms with van der Waals surface area (Å²) in [6.07, 6.45) is 3.84. The highest BCUT2D eigenvalue weighted by molar-refractivity contribution is 5.80. The minimum Gasteiger partial charge on any atom is -0.379 e. The van der Waals surface area contributed by atoms with Crippen molar-refractivity contribution in [3.8, 4) is 0 Å². The lowest BCUT2D eigenvalue weighted by Crippen LogP contribution is -2.55. The molecule has 0 aromatic heterocycles. The molecule has 20 heavy (non-hydrogen) atoms. The van der Waals surface area contributed by atoms with E-state index < -0.39 is 0 Å². The van der Waals surface area contributed by atoms with Crippen molar-refractivity contribution in [2.24, 2.45) is 22.7 Å². The highest BCUT2D eigenvalue weighted by Crippen LogP contribution is 2.62. The number of carbonyl (C=O) groups excluding carboxylic acids is 1. The molecule has 0 radical (unpaired) electrons. The number of ether oxygens (including phenoxy) is 1. The first kappa shape index (κ1) is 14.3. The van der Waals surface area contributed by atoms with E-state index in [0.717, 1.165) is 5.92 Å². The normalized spacial score (nSPS) is 45.8. The summed E-state index contributed by atoms with van der Waals surface area (Å²) in [6.45, 7) is 8.20. The van der Waals surface area contributed by atoms with Crippen LogP contribution in [0.2, 0.25) is 0 Å². The molecule has 2 saturated carbocycles. The maximum absolute atomic E-state index is 12.6. The zero-order chi connectivity index (χ0) is 14.5. The van der Waals surface area contributed by atoms with E-state index in [2.05, 4.69) is 31.4 Å². The number of carbonyl (C=O) groups is 1. The van der Waals surface area contributed by atoms with Gasteiger partial charge < -0.3 is 15.4 Å². The third kappa shape index (κ3) is 2.00. The second-order valence-electron chi connectivity index (χ2n) is 7.90. The number of amides is 1. The summed E-state index contributed by atoms with van der Waals surface area (Å²) >= 11 is 0. The van der Waals surface area contributed by atoms with Crippen LogP contribution in [0, 0.1) is 22.7 Å². The molecule has 4 heteroatoms. The highest BCUT2D eigenvalue weighted by Gasteiger charge is 2.60. The fraction of sp³-hybridized carbons (Fsp3) is 0.938. The molecule has 5 atom stereocenters. The lowest BCUT2D eigenvalue weighted by Gasteiger charge is -2.43. The molecule has 0 aromatic carbocycles. The predicted molar refractivity (Wildman–Crippen MR) is 78.3 cm³/mol. The number of fused-ring (bicyclic) bond motifs is 2. The second kappa shape index (κ2) is 4.70. The van der Waals surface area contributed by atoms with Gasteiger partial charge in [-0.15, -0.1) is 0 Å². The molecule has 1 heterocycles. The van der Waals surface area contributed by atoms with Crippen molar-refractivity contribution in [3.05, 3.63) is 0 Å². The average molecular weight is 280 g/mol. The van der Waals surface area contributed by atoms with E-state index in [-0.39, 0.29) is 23.3 Å². The Kier molecular flexibility index (Phi) is 3.37. The monoisotopic (exact) mass is 280 g/mol. The van der Waals surface area contributed by atoms with Crippen molar-refractivity contribution in [1.82, 2.24) is 10.6 Å². The van der Waals surface area contributed by atoms with Crippen LogP contribution in [0.3, 0.4) is 0 Å². The molecule has 0 spiro atoms. The van der Waals surface area contributed by atoms with E-state index in [4.69, 9.17) is 4.74 Å². The van der Waals surface area contributed by atoms with Gasteiger partial charge in [-0.1, -0.05) is 20.8 Å². The molecule has 1 saturated heterocycles. The summed E-state index contributed by atoms with van der Waals surface area (Å²) in [4.78, 5) is 12.6. The summed E-state index contributed by atoms with van der Waals surface area (Å²) in [5, 5.41) is 6.59. The van der Waals surface area contributed by atoms with Gasteiger partial charge in [-0.3, -0.25) is 4.79 Å². The molecule has 1 amide bonds. The predicted octanol–water partition coefficient (Wildman–Crippen LogP) is 1.55. The van der Waals surface area contributed by atoms with Gasteiger partial charge in [0.2, 0.25) is 5.91 Å². The van der Waals surface area contributed by atoms with E-state index in [1.165, 1.54) is 19.3 Å². The first-order valence-electron chi connectivity index (χ1n) is 7.94. The van der Waals surface area contributed by atoms with Gasteiger partial charge in [0.05, 0.1) is 19.1 Å². The summed E-state index contributed by atoms with van der Waals surface area (Å²) in [5.74, 6) is 0.893. The molecule has 2 N–H and O–H groups in total.